The predicted molar refractivity (Wildman–Crippen MR) is 133 cm³/mol. The van der Waals surface area contributed by atoms with Gasteiger partial charge in [0.1, 0.15) is 17.6 Å². The van der Waals surface area contributed by atoms with Gasteiger partial charge >= 0.3 is 0 Å². The number of benzene rings is 2. The molecule has 0 radical (unpaired) electrons. The number of rotatable bonds is 4. The lowest BCUT2D eigenvalue weighted by molar-refractivity contribution is 0.439. The van der Waals surface area contributed by atoms with E-state index in [1.165, 1.54) is 5.56 Å². The van der Waals surface area contributed by atoms with Crippen LogP contribution < -0.4 is 10.2 Å². The Labute approximate surface area is 197 Å². The van der Waals surface area contributed by atoms with Gasteiger partial charge in [-0.05, 0) is 79.7 Å². The fourth-order valence-corrected chi connectivity index (χ4v) is 4.64. The zero-order valence-electron chi connectivity index (χ0n) is 17.7. The summed E-state index contributed by atoms with van der Waals surface area (Å²) in [6.45, 7) is 4.06. The Hall–Kier alpha value is -3.15. The monoisotopic (exact) mass is 459 g/mol. The average Bonchev–Trinajstić information content (AvgIpc) is 3.41. The topological polar surface area (TPSA) is 41.3 Å². The minimum atomic E-state index is -0.186. The van der Waals surface area contributed by atoms with Crippen LogP contribution in [0.3, 0.4) is 0 Å². The van der Waals surface area contributed by atoms with Crippen LogP contribution in [0.25, 0.3) is 11.3 Å². The number of aromatic nitrogens is 1. The van der Waals surface area contributed by atoms with Crippen molar-refractivity contribution < 1.29 is 4.42 Å². The van der Waals surface area contributed by atoms with E-state index in [0.717, 1.165) is 39.1 Å². The molecule has 1 aliphatic heterocycles. The number of nitrogens with one attached hydrogen (secondary N) is 1. The van der Waals surface area contributed by atoms with E-state index in [2.05, 4.69) is 40.3 Å². The van der Waals surface area contributed by atoms with Crippen LogP contribution >= 0.6 is 23.8 Å². The third kappa shape index (κ3) is 3.78. The Kier molecular flexibility index (Phi) is 5.45. The molecule has 2 aromatic carbocycles. The largest absolute Gasteiger partial charge is 0.459 e. The van der Waals surface area contributed by atoms with Crippen LogP contribution in [-0.2, 0) is 0 Å². The minimum absolute atomic E-state index is 0.148. The summed E-state index contributed by atoms with van der Waals surface area (Å²) in [6.07, 6.45) is 1.80. The molecule has 0 saturated carbocycles. The van der Waals surface area contributed by atoms with Gasteiger partial charge < -0.3 is 14.6 Å². The van der Waals surface area contributed by atoms with Crippen molar-refractivity contribution in [2.24, 2.45) is 0 Å². The molecule has 3 heterocycles. The molecule has 4 aromatic rings. The number of thiocarbonyl (C=S) groups is 1. The smallest absolute Gasteiger partial charge is 0.174 e. The van der Waals surface area contributed by atoms with Crippen LogP contribution in [0.5, 0.6) is 0 Å². The van der Waals surface area contributed by atoms with Gasteiger partial charge in [-0.1, -0.05) is 41.9 Å². The number of aryl methyl sites for hydroxylation is 2. The highest BCUT2D eigenvalue weighted by atomic mass is 35.5. The minimum Gasteiger partial charge on any atom is -0.459 e. The molecule has 4 nitrogen and oxygen atoms in total. The fraction of sp³-hybridized carbons (Fsp3) is 0.154. The highest BCUT2D eigenvalue weighted by molar-refractivity contribution is 7.80. The number of anilines is 1. The summed E-state index contributed by atoms with van der Waals surface area (Å²) in [5.74, 6) is 1.57. The van der Waals surface area contributed by atoms with E-state index in [1.807, 2.05) is 61.5 Å². The fourth-order valence-electron chi connectivity index (χ4n) is 4.11. The van der Waals surface area contributed by atoms with Crippen molar-refractivity contribution >= 4 is 34.6 Å². The predicted octanol–water partition coefficient (Wildman–Crippen LogP) is 6.79. The van der Waals surface area contributed by atoms with E-state index < -0.39 is 0 Å². The van der Waals surface area contributed by atoms with Gasteiger partial charge in [0, 0.05) is 22.5 Å². The van der Waals surface area contributed by atoms with Crippen LogP contribution in [0.4, 0.5) is 5.69 Å². The Morgan fingerprint density at radius 3 is 2.62 bits per heavy atom. The van der Waals surface area contributed by atoms with E-state index in [0.29, 0.717) is 5.11 Å². The van der Waals surface area contributed by atoms with Gasteiger partial charge in [-0.3, -0.25) is 4.98 Å². The Balaban J connectivity index is 1.60. The first-order valence-electron chi connectivity index (χ1n) is 10.4. The number of pyridine rings is 1. The van der Waals surface area contributed by atoms with Crippen LogP contribution in [0, 0.1) is 13.8 Å². The van der Waals surface area contributed by atoms with Crippen molar-refractivity contribution in [3.8, 4) is 11.3 Å². The van der Waals surface area contributed by atoms with Gasteiger partial charge in [0.25, 0.3) is 0 Å². The molecule has 0 aliphatic carbocycles. The molecule has 1 saturated heterocycles. The van der Waals surface area contributed by atoms with Crippen LogP contribution in [0.1, 0.15) is 34.7 Å². The molecule has 0 spiro atoms. The van der Waals surface area contributed by atoms with Crippen LogP contribution in [0.15, 0.2) is 83.4 Å². The molecule has 6 heteroatoms. The molecule has 1 fully saturated rings. The number of nitrogens with zero attached hydrogens (tertiary/aromatic N) is 2. The maximum atomic E-state index is 6.40. The molecule has 1 N–H and O–H groups in total. The Morgan fingerprint density at radius 2 is 1.88 bits per heavy atom. The van der Waals surface area contributed by atoms with Crippen molar-refractivity contribution in [3.63, 3.8) is 0 Å². The summed E-state index contributed by atoms with van der Waals surface area (Å²) < 4.78 is 6.40. The molecule has 2 aromatic heterocycles. The molecular formula is C26H22ClN3OS. The summed E-state index contributed by atoms with van der Waals surface area (Å²) in [4.78, 5) is 6.71. The third-order valence-corrected chi connectivity index (χ3v) is 6.47. The van der Waals surface area contributed by atoms with Gasteiger partial charge in [-0.15, -0.1) is 0 Å². The van der Waals surface area contributed by atoms with Gasteiger partial charge in [0.05, 0.1) is 11.7 Å². The number of furan rings is 1. The molecule has 0 unspecified atom stereocenters. The lowest BCUT2D eigenvalue weighted by Crippen LogP contribution is -2.29. The van der Waals surface area contributed by atoms with E-state index in [1.54, 1.807) is 6.20 Å². The van der Waals surface area contributed by atoms with E-state index in [4.69, 9.17) is 28.2 Å². The average molecular weight is 460 g/mol. The molecule has 1 aliphatic rings. The van der Waals surface area contributed by atoms with Gasteiger partial charge in [0.15, 0.2) is 5.11 Å². The first-order chi connectivity index (χ1) is 15.5. The molecule has 0 bridgehead atoms. The zero-order valence-corrected chi connectivity index (χ0v) is 19.3. The first-order valence-corrected chi connectivity index (χ1v) is 11.2. The maximum Gasteiger partial charge on any atom is 0.174 e. The molecule has 5 rings (SSSR count). The lowest BCUT2D eigenvalue weighted by atomic mass is 10.0. The molecule has 32 heavy (non-hydrogen) atoms. The van der Waals surface area contributed by atoms with Crippen molar-refractivity contribution in [3.05, 3.63) is 107 Å². The Bertz CT molecular complexity index is 1290. The van der Waals surface area contributed by atoms with Crippen molar-refractivity contribution in [1.82, 2.24) is 10.3 Å². The van der Waals surface area contributed by atoms with E-state index >= 15 is 0 Å². The number of hydrogen-bond acceptors (Lipinski definition) is 3. The lowest BCUT2D eigenvalue weighted by Gasteiger charge is -2.26. The summed E-state index contributed by atoms with van der Waals surface area (Å²) in [5, 5.41) is 4.83. The second kappa shape index (κ2) is 8.41. The van der Waals surface area contributed by atoms with Crippen molar-refractivity contribution in [2.75, 3.05) is 4.90 Å². The maximum absolute atomic E-state index is 6.40. The van der Waals surface area contributed by atoms with Crippen molar-refractivity contribution in [1.29, 1.82) is 0 Å². The number of hydrogen-bond donors (Lipinski definition) is 1. The molecular weight excluding hydrogens is 438 g/mol. The normalized spacial score (nSPS) is 18.1. The molecule has 160 valence electrons. The quantitative estimate of drug-likeness (QED) is 0.340. The number of halogens is 1. The van der Waals surface area contributed by atoms with Gasteiger partial charge in [-0.25, -0.2) is 0 Å². The van der Waals surface area contributed by atoms with Crippen LogP contribution in [0.2, 0.25) is 5.02 Å². The zero-order chi connectivity index (χ0) is 22.2. The van der Waals surface area contributed by atoms with E-state index in [9.17, 15) is 0 Å². The summed E-state index contributed by atoms with van der Waals surface area (Å²) in [7, 11) is 0. The van der Waals surface area contributed by atoms with Crippen LogP contribution in [-0.4, -0.2) is 10.1 Å². The highest BCUT2D eigenvalue weighted by Gasteiger charge is 2.42. The molecule has 2 atom stereocenters. The summed E-state index contributed by atoms with van der Waals surface area (Å²) in [5.41, 5.74) is 5.07. The van der Waals surface area contributed by atoms with Crippen molar-refractivity contribution in [2.45, 2.75) is 25.9 Å². The SMILES string of the molecule is Cc1cccc(N2C(=S)N[C@H](c3ccccn3)[C@@H]2c2ccc(-c3ccc(C)c(Cl)c3)o2)c1. The first kappa shape index (κ1) is 20.7. The highest BCUT2D eigenvalue weighted by Crippen LogP contribution is 2.43. The Morgan fingerprint density at radius 1 is 1.00 bits per heavy atom. The van der Waals surface area contributed by atoms with Gasteiger partial charge in [-0.2, -0.15) is 0 Å². The molecule has 0 amide bonds. The summed E-state index contributed by atoms with van der Waals surface area (Å²) in [6, 6.07) is 23.9. The second-order valence-corrected chi connectivity index (χ2v) is 8.80. The third-order valence-electron chi connectivity index (χ3n) is 5.75. The van der Waals surface area contributed by atoms with E-state index in [-0.39, 0.29) is 12.1 Å². The standard InChI is InChI=1S/C26H22ClN3OS/c1-16-6-5-7-19(14-16)30-25(24(29-26(30)32)21-8-3-4-13-28-21)23-12-11-22(31-23)18-10-9-17(2)20(27)15-18/h3-15,24-25H,1-2H3,(H,29,32)/t24-,25+/m1/s1. The second-order valence-electron chi connectivity index (χ2n) is 8.00. The van der Waals surface area contributed by atoms with Gasteiger partial charge in [0.2, 0.25) is 0 Å². The summed E-state index contributed by atoms with van der Waals surface area (Å²) >= 11 is 12.1.